The fraction of sp³-hybridized carbons (Fsp3) is 0.765. The van der Waals surface area contributed by atoms with Crippen molar-refractivity contribution in [1.29, 1.82) is 0 Å². The van der Waals surface area contributed by atoms with Crippen LogP contribution in [0.15, 0.2) is 6.07 Å². The van der Waals surface area contributed by atoms with Crippen molar-refractivity contribution in [3.8, 4) is 0 Å². The standard InChI is InChI=1S/C17H30N4/c1-4-9-15-19-16(18-11-5-2)13-17(20-15)21-12-8-6-7-10-14(21)3/h13-14H,4-12H2,1-3H3,(H,18,19,20). The molecule has 0 spiro atoms. The molecular formula is C17H30N4. The van der Waals surface area contributed by atoms with Crippen molar-refractivity contribution in [3.05, 3.63) is 11.9 Å². The molecule has 1 unspecified atom stereocenters. The maximum atomic E-state index is 4.82. The molecule has 1 aromatic heterocycles. The van der Waals surface area contributed by atoms with Gasteiger partial charge in [0.05, 0.1) is 0 Å². The molecule has 0 aromatic carbocycles. The Bertz CT molecular complexity index is 433. The Balaban J connectivity index is 2.24. The summed E-state index contributed by atoms with van der Waals surface area (Å²) < 4.78 is 0. The molecule has 1 saturated heterocycles. The van der Waals surface area contributed by atoms with E-state index in [1.165, 1.54) is 25.7 Å². The van der Waals surface area contributed by atoms with Gasteiger partial charge in [-0.1, -0.05) is 26.7 Å². The summed E-state index contributed by atoms with van der Waals surface area (Å²) >= 11 is 0. The SMILES string of the molecule is CCCNc1cc(N2CCCCCC2C)nc(CCC)n1. The fourth-order valence-corrected chi connectivity index (χ4v) is 2.92. The number of aryl methyl sites for hydroxylation is 1. The van der Waals surface area contributed by atoms with Crippen LogP contribution in [0.1, 0.15) is 65.1 Å². The minimum absolute atomic E-state index is 0.580. The molecule has 1 aliphatic rings. The zero-order valence-corrected chi connectivity index (χ0v) is 13.9. The molecule has 1 aromatic rings. The summed E-state index contributed by atoms with van der Waals surface area (Å²) in [6, 6.07) is 2.72. The van der Waals surface area contributed by atoms with E-state index in [1.54, 1.807) is 0 Å². The Morgan fingerprint density at radius 3 is 2.81 bits per heavy atom. The van der Waals surface area contributed by atoms with E-state index in [-0.39, 0.29) is 0 Å². The van der Waals surface area contributed by atoms with Crippen LogP contribution in [0.5, 0.6) is 0 Å². The van der Waals surface area contributed by atoms with Gasteiger partial charge in [0.25, 0.3) is 0 Å². The van der Waals surface area contributed by atoms with E-state index in [2.05, 4.69) is 42.0 Å². The van der Waals surface area contributed by atoms with Gasteiger partial charge in [-0.3, -0.25) is 0 Å². The number of nitrogens with zero attached hydrogens (tertiary/aromatic N) is 3. The summed E-state index contributed by atoms with van der Waals surface area (Å²) in [5, 5.41) is 3.43. The quantitative estimate of drug-likeness (QED) is 0.859. The topological polar surface area (TPSA) is 41.0 Å². The summed E-state index contributed by atoms with van der Waals surface area (Å²) in [7, 11) is 0. The summed E-state index contributed by atoms with van der Waals surface area (Å²) in [6.07, 6.45) is 8.38. The molecule has 4 nitrogen and oxygen atoms in total. The van der Waals surface area contributed by atoms with Gasteiger partial charge in [0.15, 0.2) is 0 Å². The number of hydrogen-bond donors (Lipinski definition) is 1. The molecule has 4 heteroatoms. The molecule has 2 heterocycles. The molecule has 0 saturated carbocycles. The zero-order valence-electron chi connectivity index (χ0n) is 13.9. The van der Waals surface area contributed by atoms with Crippen LogP contribution in [0.25, 0.3) is 0 Å². The first-order valence-electron chi connectivity index (χ1n) is 8.63. The second-order valence-corrected chi connectivity index (χ2v) is 6.10. The van der Waals surface area contributed by atoms with Gasteiger partial charge < -0.3 is 10.2 Å². The minimum atomic E-state index is 0.580. The number of nitrogens with one attached hydrogen (secondary N) is 1. The van der Waals surface area contributed by atoms with Crippen molar-refractivity contribution < 1.29 is 0 Å². The zero-order chi connectivity index (χ0) is 15.1. The van der Waals surface area contributed by atoms with Crippen LogP contribution in [-0.4, -0.2) is 29.1 Å². The maximum Gasteiger partial charge on any atom is 0.134 e. The summed E-state index contributed by atoms with van der Waals surface area (Å²) in [5.74, 6) is 3.08. The summed E-state index contributed by atoms with van der Waals surface area (Å²) in [6.45, 7) is 8.78. The van der Waals surface area contributed by atoms with Crippen molar-refractivity contribution in [2.75, 3.05) is 23.3 Å². The minimum Gasteiger partial charge on any atom is -0.370 e. The first kappa shape index (κ1) is 16.1. The summed E-state index contributed by atoms with van der Waals surface area (Å²) in [4.78, 5) is 12.0. The third-order valence-corrected chi connectivity index (χ3v) is 4.14. The molecule has 2 rings (SSSR count). The van der Waals surface area contributed by atoms with Crippen LogP contribution >= 0.6 is 0 Å². The van der Waals surface area contributed by atoms with Crippen LogP contribution in [0.4, 0.5) is 11.6 Å². The average molecular weight is 290 g/mol. The Morgan fingerprint density at radius 1 is 1.19 bits per heavy atom. The van der Waals surface area contributed by atoms with E-state index in [0.717, 1.165) is 49.8 Å². The molecule has 1 aliphatic heterocycles. The molecule has 1 N–H and O–H groups in total. The van der Waals surface area contributed by atoms with E-state index in [1.807, 2.05) is 0 Å². The van der Waals surface area contributed by atoms with E-state index in [4.69, 9.17) is 4.98 Å². The number of rotatable bonds is 6. The fourth-order valence-electron chi connectivity index (χ4n) is 2.92. The van der Waals surface area contributed by atoms with Crippen LogP contribution in [-0.2, 0) is 6.42 Å². The van der Waals surface area contributed by atoms with Crippen molar-refractivity contribution >= 4 is 11.6 Å². The van der Waals surface area contributed by atoms with E-state index in [9.17, 15) is 0 Å². The molecule has 0 bridgehead atoms. The lowest BCUT2D eigenvalue weighted by Gasteiger charge is -2.29. The van der Waals surface area contributed by atoms with Gasteiger partial charge >= 0.3 is 0 Å². The smallest absolute Gasteiger partial charge is 0.134 e. The predicted molar refractivity (Wildman–Crippen MR) is 90.1 cm³/mol. The van der Waals surface area contributed by atoms with Crippen LogP contribution in [0.2, 0.25) is 0 Å². The highest BCUT2D eigenvalue weighted by Crippen LogP contribution is 2.24. The third-order valence-electron chi connectivity index (χ3n) is 4.14. The average Bonchev–Trinajstić information content (AvgIpc) is 2.70. The molecule has 21 heavy (non-hydrogen) atoms. The van der Waals surface area contributed by atoms with Crippen molar-refractivity contribution in [3.63, 3.8) is 0 Å². The largest absolute Gasteiger partial charge is 0.370 e. The van der Waals surface area contributed by atoms with Crippen LogP contribution in [0, 0.1) is 0 Å². The Hall–Kier alpha value is -1.32. The molecule has 0 amide bonds. The Kier molecular flexibility index (Phi) is 6.27. The van der Waals surface area contributed by atoms with Crippen molar-refractivity contribution in [2.24, 2.45) is 0 Å². The number of aromatic nitrogens is 2. The first-order valence-corrected chi connectivity index (χ1v) is 8.63. The highest BCUT2D eigenvalue weighted by atomic mass is 15.2. The highest BCUT2D eigenvalue weighted by molar-refractivity contribution is 5.50. The van der Waals surface area contributed by atoms with Gasteiger partial charge in [0, 0.05) is 31.6 Å². The molecule has 0 aliphatic carbocycles. The maximum absolute atomic E-state index is 4.82. The van der Waals surface area contributed by atoms with Gasteiger partial charge in [0.2, 0.25) is 0 Å². The number of anilines is 2. The third kappa shape index (κ3) is 4.58. The molecule has 1 atom stereocenters. The van der Waals surface area contributed by atoms with Gasteiger partial charge in [0.1, 0.15) is 17.5 Å². The second kappa shape index (κ2) is 8.20. The predicted octanol–water partition coefficient (Wildman–Crippen LogP) is 4.02. The molecular weight excluding hydrogens is 260 g/mol. The second-order valence-electron chi connectivity index (χ2n) is 6.10. The van der Waals surface area contributed by atoms with Gasteiger partial charge in [-0.25, -0.2) is 9.97 Å². The Morgan fingerprint density at radius 2 is 2.05 bits per heavy atom. The van der Waals surface area contributed by atoms with Crippen LogP contribution in [0.3, 0.4) is 0 Å². The van der Waals surface area contributed by atoms with Crippen molar-refractivity contribution in [2.45, 2.75) is 71.8 Å². The van der Waals surface area contributed by atoms with Crippen LogP contribution < -0.4 is 10.2 Å². The lowest BCUT2D eigenvalue weighted by molar-refractivity contribution is 0.609. The highest BCUT2D eigenvalue weighted by Gasteiger charge is 2.19. The van der Waals surface area contributed by atoms with E-state index >= 15 is 0 Å². The lowest BCUT2D eigenvalue weighted by atomic mass is 10.1. The normalized spacial score (nSPS) is 19.4. The van der Waals surface area contributed by atoms with E-state index in [0.29, 0.717) is 6.04 Å². The number of hydrogen-bond acceptors (Lipinski definition) is 4. The van der Waals surface area contributed by atoms with Gasteiger partial charge in [-0.05, 0) is 32.6 Å². The van der Waals surface area contributed by atoms with Crippen molar-refractivity contribution in [1.82, 2.24) is 9.97 Å². The Labute approximate surface area is 129 Å². The first-order chi connectivity index (χ1) is 10.2. The van der Waals surface area contributed by atoms with Gasteiger partial charge in [-0.2, -0.15) is 0 Å². The lowest BCUT2D eigenvalue weighted by Crippen LogP contribution is -2.33. The van der Waals surface area contributed by atoms with E-state index < -0.39 is 0 Å². The monoisotopic (exact) mass is 290 g/mol. The summed E-state index contributed by atoms with van der Waals surface area (Å²) in [5.41, 5.74) is 0. The molecule has 118 valence electrons. The van der Waals surface area contributed by atoms with Gasteiger partial charge in [-0.15, -0.1) is 0 Å². The molecule has 0 radical (unpaired) electrons. The molecule has 1 fully saturated rings.